The zero-order valence-corrected chi connectivity index (χ0v) is 11.0. The fourth-order valence-corrected chi connectivity index (χ4v) is 2.47. The molecule has 1 aliphatic heterocycles. The van der Waals surface area contributed by atoms with Crippen molar-refractivity contribution >= 4 is 5.91 Å². The lowest BCUT2D eigenvalue weighted by molar-refractivity contribution is -0.140. The molecular weight excluding hydrogens is 274 g/mol. The van der Waals surface area contributed by atoms with Gasteiger partial charge in [-0.05, 0) is 38.3 Å². The lowest BCUT2D eigenvalue weighted by atomic mass is 10.0. The molecule has 1 saturated heterocycles. The highest BCUT2D eigenvalue weighted by Crippen LogP contribution is 2.33. The van der Waals surface area contributed by atoms with Crippen LogP contribution in [0.3, 0.4) is 0 Å². The number of hydrogen-bond donors (Lipinski definition) is 0. The number of halogens is 4. The van der Waals surface area contributed by atoms with E-state index in [0.717, 1.165) is 31.4 Å². The van der Waals surface area contributed by atoms with Crippen molar-refractivity contribution in [2.24, 2.45) is 0 Å². The Morgan fingerprint density at radius 2 is 2.00 bits per heavy atom. The maximum absolute atomic E-state index is 13.9. The molecule has 0 bridgehead atoms. The predicted octanol–water partition coefficient (Wildman–Crippen LogP) is 3.86. The third-order valence-corrected chi connectivity index (χ3v) is 3.60. The van der Waals surface area contributed by atoms with Crippen molar-refractivity contribution in [1.29, 1.82) is 0 Å². The summed E-state index contributed by atoms with van der Waals surface area (Å²) in [7, 11) is 0. The fraction of sp³-hybridized carbons (Fsp3) is 0.500. The Hall–Kier alpha value is -1.59. The van der Waals surface area contributed by atoms with Gasteiger partial charge in [-0.25, -0.2) is 4.39 Å². The highest BCUT2D eigenvalue weighted by Gasteiger charge is 2.36. The molecular formula is C14H15F4NO. The van der Waals surface area contributed by atoms with Gasteiger partial charge in [0.05, 0.1) is 11.1 Å². The fourth-order valence-electron chi connectivity index (χ4n) is 2.47. The molecule has 0 unspecified atom stereocenters. The van der Waals surface area contributed by atoms with E-state index in [-0.39, 0.29) is 6.04 Å². The van der Waals surface area contributed by atoms with Crippen molar-refractivity contribution in [3.8, 4) is 0 Å². The average Bonchev–Trinajstić information content (AvgIpc) is 2.37. The molecule has 2 nitrogen and oxygen atoms in total. The first-order chi connectivity index (χ1) is 9.32. The molecule has 0 N–H and O–H groups in total. The summed E-state index contributed by atoms with van der Waals surface area (Å²) >= 11 is 0. The first-order valence-corrected chi connectivity index (χ1v) is 6.49. The topological polar surface area (TPSA) is 20.3 Å². The summed E-state index contributed by atoms with van der Waals surface area (Å²) in [5.74, 6) is -2.15. The Labute approximate surface area is 114 Å². The van der Waals surface area contributed by atoms with Crippen molar-refractivity contribution < 1.29 is 22.4 Å². The summed E-state index contributed by atoms with van der Waals surface area (Å²) in [6, 6.07) is 2.73. The van der Waals surface area contributed by atoms with E-state index in [2.05, 4.69) is 0 Å². The average molecular weight is 289 g/mol. The Balaban J connectivity index is 2.35. The monoisotopic (exact) mass is 289 g/mol. The molecule has 0 radical (unpaired) electrons. The van der Waals surface area contributed by atoms with Crippen LogP contribution >= 0.6 is 0 Å². The molecule has 110 valence electrons. The van der Waals surface area contributed by atoms with Crippen molar-refractivity contribution in [2.45, 2.75) is 38.4 Å². The van der Waals surface area contributed by atoms with Gasteiger partial charge in [-0.2, -0.15) is 13.2 Å². The normalized spacial score (nSPS) is 20.1. The molecule has 1 aliphatic rings. The lowest BCUT2D eigenvalue weighted by Crippen LogP contribution is -2.42. The number of hydrogen-bond acceptors (Lipinski definition) is 1. The number of nitrogens with zero attached hydrogens (tertiary/aromatic N) is 1. The number of benzene rings is 1. The molecule has 1 aromatic carbocycles. The minimum atomic E-state index is -4.80. The van der Waals surface area contributed by atoms with E-state index in [9.17, 15) is 22.4 Å². The van der Waals surface area contributed by atoms with Gasteiger partial charge in [-0.3, -0.25) is 4.79 Å². The highest BCUT2D eigenvalue weighted by molar-refractivity contribution is 5.95. The van der Waals surface area contributed by atoms with Crippen LogP contribution in [0.4, 0.5) is 17.6 Å². The standard InChI is InChI=1S/C14H15F4NO/c1-9-5-2-3-8-19(9)13(20)10-6-4-7-11(12(10)15)14(16,17)18/h4,6-7,9H,2-3,5,8H2,1H3/t9-/m0/s1. The van der Waals surface area contributed by atoms with E-state index < -0.39 is 29.0 Å². The quantitative estimate of drug-likeness (QED) is 0.719. The molecule has 0 spiro atoms. The van der Waals surface area contributed by atoms with Crippen LogP contribution < -0.4 is 0 Å². The Morgan fingerprint density at radius 1 is 1.30 bits per heavy atom. The van der Waals surface area contributed by atoms with Gasteiger partial charge in [0.1, 0.15) is 5.82 Å². The minimum Gasteiger partial charge on any atom is -0.336 e. The van der Waals surface area contributed by atoms with Crippen LogP contribution in [0.5, 0.6) is 0 Å². The smallest absolute Gasteiger partial charge is 0.336 e. The molecule has 1 heterocycles. The summed E-state index contributed by atoms with van der Waals surface area (Å²) in [4.78, 5) is 13.7. The number of rotatable bonds is 1. The number of likely N-dealkylation sites (tertiary alicyclic amines) is 1. The van der Waals surface area contributed by atoms with Gasteiger partial charge in [0.2, 0.25) is 0 Å². The van der Waals surface area contributed by atoms with Gasteiger partial charge >= 0.3 is 6.18 Å². The van der Waals surface area contributed by atoms with Crippen LogP contribution in [0.25, 0.3) is 0 Å². The first kappa shape index (κ1) is 14.8. The first-order valence-electron chi connectivity index (χ1n) is 6.49. The number of carbonyl (C=O) groups excluding carboxylic acids is 1. The van der Waals surface area contributed by atoms with Gasteiger partial charge in [-0.1, -0.05) is 6.07 Å². The molecule has 20 heavy (non-hydrogen) atoms. The van der Waals surface area contributed by atoms with E-state index in [1.807, 2.05) is 6.92 Å². The zero-order chi connectivity index (χ0) is 14.9. The Bertz CT molecular complexity index is 512. The molecule has 6 heteroatoms. The number of piperidine rings is 1. The van der Waals surface area contributed by atoms with Gasteiger partial charge in [0, 0.05) is 12.6 Å². The molecule has 1 atom stereocenters. The van der Waals surface area contributed by atoms with E-state index in [4.69, 9.17) is 0 Å². The van der Waals surface area contributed by atoms with Crippen LogP contribution in [-0.2, 0) is 6.18 Å². The number of alkyl halides is 3. The molecule has 0 aliphatic carbocycles. The van der Waals surface area contributed by atoms with E-state index in [1.165, 1.54) is 4.90 Å². The van der Waals surface area contributed by atoms with Crippen molar-refractivity contribution in [2.75, 3.05) is 6.54 Å². The summed E-state index contributed by atoms with van der Waals surface area (Å²) in [5, 5.41) is 0. The second-order valence-corrected chi connectivity index (χ2v) is 5.01. The van der Waals surface area contributed by atoms with E-state index in [0.29, 0.717) is 12.6 Å². The van der Waals surface area contributed by atoms with Crippen LogP contribution in [0.1, 0.15) is 42.1 Å². The third kappa shape index (κ3) is 2.78. The molecule has 1 fully saturated rings. The van der Waals surface area contributed by atoms with Crippen LogP contribution in [0.2, 0.25) is 0 Å². The maximum atomic E-state index is 13.9. The number of amides is 1. The molecule has 1 amide bonds. The Kier molecular flexibility index (Phi) is 4.01. The number of carbonyl (C=O) groups is 1. The van der Waals surface area contributed by atoms with E-state index in [1.54, 1.807) is 0 Å². The predicted molar refractivity (Wildman–Crippen MR) is 65.8 cm³/mol. The highest BCUT2D eigenvalue weighted by atomic mass is 19.4. The van der Waals surface area contributed by atoms with Crippen molar-refractivity contribution in [1.82, 2.24) is 4.90 Å². The maximum Gasteiger partial charge on any atom is 0.419 e. The second kappa shape index (κ2) is 5.42. The molecule has 1 aromatic rings. The van der Waals surface area contributed by atoms with E-state index >= 15 is 0 Å². The largest absolute Gasteiger partial charge is 0.419 e. The van der Waals surface area contributed by atoms with Crippen LogP contribution in [0.15, 0.2) is 18.2 Å². The van der Waals surface area contributed by atoms with Gasteiger partial charge in [0.25, 0.3) is 5.91 Å². The summed E-state index contributed by atoms with van der Waals surface area (Å²) in [6.07, 6.45) is -2.26. The summed E-state index contributed by atoms with van der Waals surface area (Å²) in [5.41, 5.74) is -1.90. The lowest BCUT2D eigenvalue weighted by Gasteiger charge is -2.33. The van der Waals surface area contributed by atoms with Gasteiger partial charge in [0.15, 0.2) is 0 Å². The summed E-state index contributed by atoms with van der Waals surface area (Å²) < 4.78 is 51.9. The van der Waals surface area contributed by atoms with Crippen molar-refractivity contribution in [3.63, 3.8) is 0 Å². The molecule has 0 saturated carbocycles. The second-order valence-electron chi connectivity index (χ2n) is 5.01. The Morgan fingerprint density at radius 3 is 2.60 bits per heavy atom. The third-order valence-electron chi connectivity index (χ3n) is 3.60. The van der Waals surface area contributed by atoms with Gasteiger partial charge < -0.3 is 4.90 Å². The molecule has 0 aromatic heterocycles. The summed E-state index contributed by atoms with van der Waals surface area (Å²) in [6.45, 7) is 2.28. The van der Waals surface area contributed by atoms with Crippen LogP contribution in [-0.4, -0.2) is 23.4 Å². The SMILES string of the molecule is C[C@H]1CCCCN1C(=O)c1cccc(C(F)(F)F)c1F. The zero-order valence-electron chi connectivity index (χ0n) is 11.0. The molecule has 2 rings (SSSR count). The minimum absolute atomic E-state index is 0.0785. The van der Waals surface area contributed by atoms with Gasteiger partial charge in [-0.15, -0.1) is 0 Å². The van der Waals surface area contributed by atoms with Crippen molar-refractivity contribution in [3.05, 3.63) is 35.1 Å². The van der Waals surface area contributed by atoms with Crippen LogP contribution in [0, 0.1) is 5.82 Å².